The van der Waals surface area contributed by atoms with Gasteiger partial charge in [0.05, 0.1) is 12.1 Å². The minimum atomic E-state index is -0.487. The highest BCUT2D eigenvalue weighted by molar-refractivity contribution is 5.83. The SMILES string of the molecule is Cc1cc2cn(CCNC(=O)OC(C)(C)C)nc2cc1N. The van der Waals surface area contributed by atoms with Gasteiger partial charge in [0, 0.05) is 23.8 Å². The quantitative estimate of drug-likeness (QED) is 0.851. The minimum Gasteiger partial charge on any atom is -0.444 e. The smallest absolute Gasteiger partial charge is 0.407 e. The number of hydrogen-bond donors (Lipinski definition) is 2. The van der Waals surface area contributed by atoms with Gasteiger partial charge in [0.1, 0.15) is 5.60 Å². The van der Waals surface area contributed by atoms with E-state index in [4.69, 9.17) is 10.5 Å². The van der Waals surface area contributed by atoms with Gasteiger partial charge in [0.25, 0.3) is 0 Å². The lowest BCUT2D eigenvalue weighted by Crippen LogP contribution is -2.34. The highest BCUT2D eigenvalue weighted by Gasteiger charge is 2.15. The second-order valence-corrected chi connectivity index (χ2v) is 6.09. The molecule has 0 atom stereocenters. The van der Waals surface area contributed by atoms with E-state index >= 15 is 0 Å². The van der Waals surface area contributed by atoms with E-state index in [1.54, 1.807) is 4.68 Å². The number of nitrogens with one attached hydrogen (secondary N) is 1. The van der Waals surface area contributed by atoms with E-state index in [1.807, 2.05) is 46.0 Å². The van der Waals surface area contributed by atoms with Gasteiger partial charge in [0.15, 0.2) is 0 Å². The first kappa shape index (κ1) is 15.2. The Balaban J connectivity index is 1.94. The number of amides is 1. The molecule has 6 nitrogen and oxygen atoms in total. The number of nitrogen functional groups attached to an aromatic ring is 1. The molecule has 0 unspecified atom stereocenters. The zero-order valence-corrected chi connectivity index (χ0v) is 12.9. The van der Waals surface area contributed by atoms with Crippen molar-refractivity contribution in [3.63, 3.8) is 0 Å². The fraction of sp³-hybridized carbons (Fsp3) is 0.467. The summed E-state index contributed by atoms with van der Waals surface area (Å²) in [6, 6.07) is 3.87. The molecular weight excluding hydrogens is 268 g/mol. The van der Waals surface area contributed by atoms with Gasteiger partial charge in [0.2, 0.25) is 0 Å². The predicted octanol–water partition coefficient (Wildman–Crippen LogP) is 2.45. The monoisotopic (exact) mass is 290 g/mol. The zero-order chi connectivity index (χ0) is 15.6. The van der Waals surface area contributed by atoms with Gasteiger partial charge in [-0.25, -0.2) is 4.79 Å². The average Bonchev–Trinajstić information content (AvgIpc) is 2.69. The van der Waals surface area contributed by atoms with Crippen LogP contribution in [0, 0.1) is 6.92 Å². The first-order valence-electron chi connectivity index (χ1n) is 6.95. The zero-order valence-electron chi connectivity index (χ0n) is 12.9. The van der Waals surface area contributed by atoms with Crippen LogP contribution in [-0.2, 0) is 11.3 Å². The average molecular weight is 290 g/mol. The summed E-state index contributed by atoms with van der Waals surface area (Å²) < 4.78 is 6.96. The van der Waals surface area contributed by atoms with Crippen molar-refractivity contribution in [3.8, 4) is 0 Å². The summed E-state index contributed by atoms with van der Waals surface area (Å²) in [6.07, 6.45) is 1.53. The third kappa shape index (κ3) is 4.11. The molecule has 6 heteroatoms. The Morgan fingerprint density at radius 2 is 2.14 bits per heavy atom. The van der Waals surface area contributed by atoms with Crippen molar-refractivity contribution in [1.29, 1.82) is 0 Å². The van der Waals surface area contributed by atoms with Crippen LogP contribution in [0.5, 0.6) is 0 Å². The Bertz CT molecular complexity index is 616. The number of aromatic nitrogens is 2. The summed E-state index contributed by atoms with van der Waals surface area (Å²) in [4.78, 5) is 11.5. The molecule has 0 radical (unpaired) electrons. The number of alkyl carbamates (subject to hydrolysis) is 1. The van der Waals surface area contributed by atoms with E-state index in [1.165, 1.54) is 0 Å². The van der Waals surface area contributed by atoms with Crippen LogP contribution in [0.3, 0.4) is 0 Å². The van der Waals surface area contributed by atoms with Gasteiger partial charge in [-0.15, -0.1) is 0 Å². The molecule has 3 N–H and O–H groups in total. The molecule has 1 heterocycles. The molecule has 0 bridgehead atoms. The van der Waals surface area contributed by atoms with Crippen LogP contribution in [0.15, 0.2) is 18.3 Å². The van der Waals surface area contributed by atoms with Crippen LogP contribution in [-0.4, -0.2) is 28.0 Å². The highest BCUT2D eigenvalue weighted by atomic mass is 16.6. The first-order chi connectivity index (χ1) is 9.74. The van der Waals surface area contributed by atoms with Gasteiger partial charge in [-0.1, -0.05) is 0 Å². The Labute approximate surface area is 124 Å². The minimum absolute atomic E-state index is 0.417. The summed E-state index contributed by atoms with van der Waals surface area (Å²) in [5.41, 5.74) is 8.01. The Kier molecular flexibility index (Phi) is 4.06. The van der Waals surface area contributed by atoms with Crippen LogP contribution in [0.2, 0.25) is 0 Å². The molecule has 114 valence electrons. The van der Waals surface area contributed by atoms with Gasteiger partial charge in [-0.05, 0) is 45.4 Å². The summed E-state index contributed by atoms with van der Waals surface area (Å²) in [6.45, 7) is 8.50. The lowest BCUT2D eigenvalue weighted by Gasteiger charge is -2.19. The molecule has 1 aromatic carbocycles. The Morgan fingerprint density at radius 1 is 1.43 bits per heavy atom. The number of anilines is 1. The maximum atomic E-state index is 11.5. The molecule has 2 rings (SSSR count). The molecular formula is C15H22N4O2. The second kappa shape index (κ2) is 5.63. The molecule has 0 aliphatic heterocycles. The van der Waals surface area contributed by atoms with Crippen molar-refractivity contribution in [2.45, 2.75) is 39.8 Å². The first-order valence-corrected chi connectivity index (χ1v) is 6.95. The molecule has 0 spiro atoms. The number of fused-ring (bicyclic) bond motifs is 1. The lowest BCUT2D eigenvalue weighted by atomic mass is 10.1. The van der Waals surface area contributed by atoms with Gasteiger partial charge >= 0.3 is 6.09 Å². The fourth-order valence-electron chi connectivity index (χ4n) is 1.95. The number of rotatable bonds is 3. The van der Waals surface area contributed by atoms with Crippen LogP contribution in [0.4, 0.5) is 10.5 Å². The summed E-state index contributed by atoms with van der Waals surface area (Å²) in [7, 11) is 0. The number of hydrogen-bond acceptors (Lipinski definition) is 4. The van der Waals surface area contributed by atoms with Crippen molar-refractivity contribution in [3.05, 3.63) is 23.9 Å². The van der Waals surface area contributed by atoms with Gasteiger partial charge in [-0.3, -0.25) is 4.68 Å². The van der Waals surface area contributed by atoms with Gasteiger partial charge in [-0.2, -0.15) is 5.10 Å². The molecule has 2 aromatic rings. The van der Waals surface area contributed by atoms with E-state index in [-0.39, 0.29) is 0 Å². The second-order valence-electron chi connectivity index (χ2n) is 6.09. The van der Waals surface area contributed by atoms with Crippen LogP contribution in [0.1, 0.15) is 26.3 Å². The molecule has 1 aromatic heterocycles. The molecule has 0 aliphatic carbocycles. The molecule has 21 heavy (non-hydrogen) atoms. The third-order valence-electron chi connectivity index (χ3n) is 2.95. The number of carbonyl (C=O) groups is 1. The number of carbonyl (C=O) groups excluding carboxylic acids is 1. The summed E-state index contributed by atoms with van der Waals surface area (Å²) >= 11 is 0. The van der Waals surface area contributed by atoms with Crippen LogP contribution < -0.4 is 11.1 Å². The maximum absolute atomic E-state index is 11.5. The third-order valence-corrected chi connectivity index (χ3v) is 2.95. The fourth-order valence-corrected chi connectivity index (χ4v) is 1.95. The van der Waals surface area contributed by atoms with E-state index in [2.05, 4.69) is 10.4 Å². The number of nitrogens with two attached hydrogens (primary N) is 1. The maximum Gasteiger partial charge on any atom is 0.407 e. The van der Waals surface area contributed by atoms with Crippen LogP contribution >= 0.6 is 0 Å². The lowest BCUT2D eigenvalue weighted by molar-refractivity contribution is 0.0525. The summed E-state index contributed by atoms with van der Waals surface area (Å²) in [5, 5.41) is 8.18. The topological polar surface area (TPSA) is 82.2 Å². The molecule has 1 amide bonds. The Hall–Kier alpha value is -2.24. The molecule has 0 aliphatic rings. The van der Waals surface area contributed by atoms with Crippen molar-refractivity contribution in [2.75, 3.05) is 12.3 Å². The molecule has 0 fully saturated rings. The van der Waals surface area contributed by atoms with E-state index in [0.29, 0.717) is 13.1 Å². The van der Waals surface area contributed by atoms with Crippen LogP contribution in [0.25, 0.3) is 10.9 Å². The predicted molar refractivity (Wildman–Crippen MR) is 83.1 cm³/mol. The molecule has 0 saturated carbocycles. The number of ether oxygens (including phenoxy) is 1. The van der Waals surface area contributed by atoms with E-state index in [9.17, 15) is 4.79 Å². The summed E-state index contributed by atoms with van der Waals surface area (Å²) in [5.74, 6) is 0. The Morgan fingerprint density at radius 3 is 2.81 bits per heavy atom. The van der Waals surface area contributed by atoms with Crippen molar-refractivity contribution in [2.24, 2.45) is 0 Å². The van der Waals surface area contributed by atoms with E-state index in [0.717, 1.165) is 22.2 Å². The molecule has 0 saturated heterocycles. The number of nitrogens with zero attached hydrogens (tertiary/aromatic N) is 2. The van der Waals surface area contributed by atoms with E-state index < -0.39 is 11.7 Å². The normalized spacial score (nSPS) is 11.6. The van der Waals surface area contributed by atoms with Crippen molar-refractivity contribution < 1.29 is 9.53 Å². The van der Waals surface area contributed by atoms with Crippen molar-refractivity contribution >= 4 is 22.7 Å². The number of aryl methyl sites for hydroxylation is 1. The van der Waals surface area contributed by atoms with Crippen molar-refractivity contribution in [1.82, 2.24) is 15.1 Å². The standard InChI is InChI=1S/C15H22N4O2/c1-10-7-11-9-19(18-13(11)8-12(10)16)6-5-17-14(20)21-15(2,3)4/h7-9H,5-6,16H2,1-4H3,(H,17,20). The highest BCUT2D eigenvalue weighted by Crippen LogP contribution is 2.19. The number of benzene rings is 1. The largest absolute Gasteiger partial charge is 0.444 e. The van der Waals surface area contributed by atoms with Gasteiger partial charge < -0.3 is 15.8 Å².